The fourth-order valence-corrected chi connectivity index (χ4v) is 1.66. The highest BCUT2D eigenvalue weighted by Gasteiger charge is 2.02. The van der Waals surface area contributed by atoms with Crippen LogP contribution in [-0.2, 0) is 6.54 Å². The van der Waals surface area contributed by atoms with E-state index in [1.807, 2.05) is 18.2 Å². The first-order valence-corrected chi connectivity index (χ1v) is 6.07. The molecule has 0 unspecified atom stereocenters. The number of carbonyl (C=O) groups is 1. The smallest absolute Gasteiger partial charge is 0.319 e. The van der Waals surface area contributed by atoms with Crippen molar-refractivity contribution < 1.29 is 4.79 Å². The first kappa shape index (κ1) is 13.4. The number of benzene rings is 2. The van der Waals surface area contributed by atoms with Crippen molar-refractivity contribution >= 4 is 17.4 Å². The van der Waals surface area contributed by atoms with E-state index >= 15 is 0 Å². The highest BCUT2D eigenvalue weighted by Crippen LogP contribution is 2.09. The van der Waals surface area contributed by atoms with Crippen LogP contribution >= 0.6 is 0 Å². The Morgan fingerprint density at radius 2 is 1.95 bits per heavy atom. The summed E-state index contributed by atoms with van der Waals surface area (Å²) in [4.78, 5) is 11.7. The SMILES string of the molecule is N#Cc1cccc(NC(=O)NCc2ccc(N)cc2)c1. The molecule has 0 fully saturated rings. The van der Waals surface area contributed by atoms with Crippen LogP contribution in [0, 0.1) is 11.3 Å². The Morgan fingerprint density at radius 3 is 2.65 bits per heavy atom. The Balaban J connectivity index is 1.89. The van der Waals surface area contributed by atoms with Gasteiger partial charge in [0.1, 0.15) is 0 Å². The number of rotatable bonds is 3. The van der Waals surface area contributed by atoms with Crippen molar-refractivity contribution in [2.24, 2.45) is 0 Å². The van der Waals surface area contributed by atoms with Crippen LogP contribution in [0.3, 0.4) is 0 Å². The summed E-state index contributed by atoms with van der Waals surface area (Å²) in [5, 5.41) is 14.2. The third-order valence-corrected chi connectivity index (χ3v) is 2.68. The summed E-state index contributed by atoms with van der Waals surface area (Å²) in [7, 11) is 0. The summed E-state index contributed by atoms with van der Waals surface area (Å²) in [6.07, 6.45) is 0. The summed E-state index contributed by atoms with van der Waals surface area (Å²) >= 11 is 0. The molecule has 2 amide bonds. The molecule has 2 aromatic rings. The normalized spacial score (nSPS) is 9.55. The molecular weight excluding hydrogens is 252 g/mol. The number of urea groups is 1. The third kappa shape index (κ3) is 3.75. The van der Waals surface area contributed by atoms with Gasteiger partial charge in [-0.25, -0.2) is 4.79 Å². The molecule has 0 aromatic heterocycles. The minimum atomic E-state index is -0.322. The number of nitrogens with one attached hydrogen (secondary N) is 2. The van der Waals surface area contributed by atoms with Gasteiger partial charge in [-0.15, -0.1) is 0 Å². The molecule has 4 N–H and O–H groups in total. The second-order valence-corrected chi connectivity index (χ2v) is 4.24. The summed E-state index contributed by atoms with van der Waals surface area (Å²) < 4.78 is 0. The van der Waals surface area contributed by atoms with E-state index in [0.29, 0.717) is 23.5 Å². The maximum absolute atomic E-state index is 11.7. The summed E-state index contributed by atoms with van der Waals surface area (Å²) in [5.41, 5.74) is 8.31. The van der Waals surface area contributed by atoms with Crippen LogP contribution < -0.4 is 16.4 Å². The van der Waals surface area contributed by atoms with Gasteiger partial charge in [-0.1, -0.05) is 18.2 Å². The summed E-state index contributed by atoms with van der Waals surface area (Å²) in [6.45, 7) is 0.407. The van der Waals surface area contributed by atoms with Gasteiger partial charge < -0.3 is 16.4 Å². The van der Waals surface area contributed by atoms with Crippen LogP contribution in [-0.4, -0.2) is 6.03 Å². The molecule has 5 nitrogen and oxygen atoms in total. The molecule has 2 aromatic carbocycles. The van der Waals surface area contributed by atoms with Gasteiger partial charge in [0.2, 0.25) is 0 Å². The first-order chi connectivity index (χ1) is 9.67. The molecule has 0 radical (unpaired) electrons. The number of anilines is 2. The standard InChI is InChI=1S/C15H14N4O/c16-9-12-2-1-3-14(8-12)19-15(20)18-10-11-4-6-13(17)7-5-11/h1-8H,10,17H2,(H2,18,19,20). The Labute approximate surface area is 117 Å². The fraction of sp³-hybridized carbons (Fsp3) is 0.0667. The zero-order chi connectivity index (χ0) is 14.4. The number of amides is 2. The van der Waals surface area contributed by atoms with Crippen LogP contribution in [0.15, 0.2) is 48.5 Å². The first-order valence-electron chi connectivity index (χ1n) is 6.07. The Kier molecular flexibility index (Phi) is 4.20. The average molecular weight is 266 g/mol. The van der Waals surface area contributed by atoms with Gasteiger partial charge in [0, 0.05) is 17.9 Å². The molecular formula is C15H14N4O. The summed E-state index contributed by atoms with van der Waals surface area (Å²) in [5.74, 6) is 0. The number of hydrogen-bond acceptors (Lipinski definition) is 3. The maximum atomic E-state index is 11.7. The van der Waals surface area contributed by atoms with Gasteiger partial charge >= 0.3 is 6.03 Å². The van der Waals surface area contributed by atoms with E-state index in [4.69, 9.17) is 11.0 Å². The number of nitriles is 1. The van der Waals surface area contributed by atoms with Crippen molar-refractivity contribution in [3.63, 3.8) is 0 Å². The molecule has 0 heterocycles. The van der Waals surface area contributed by atoms with Crippen LogP contribution in [0.2, 0.25) is 0 Å². The second-order valence-electron chi connectivity index (χ2n) is 4.24. The number of carbonyl (C=O) groups excluding carboxylic acids is 1. The van der Waals surface area contributed by atoms with E-state index in [-0.39, 0.29) is 6.03 Å². The molecule has 0 aliphatic heterocycles. The second kappa shape index (κ2) is 6.25. The minimum absolute atomic E-state index is 0.322. The molecule has 0 bridgehead atoms. The number of hydrogen-bond donors (Lipinski definition) is 3. The monoisotopic (exact) mass is 266 g/mol. The van der Waals surface area contributed by atoms with E-state index in [0.717, 1.165) is 5.56 Å². The fourth-order valence-electron chi connectivity index (χ4n) is 1.66. The number of nitrogens with two attached hydrogens (primary N) is 1. The zero-order valence-electron chi connectivity index (χ0n) is 10.8. The Bertz CT molecular complexity index is 644. The molecule has 0 saturated heterocycles. The van der Waals surface area contributed by atoms with Crippen molar-refractivity contribution in [3.05, 3.63) is 59.7 Å². The quantitative estimate of drug-likeness (QED) is 0.745. The molecule has 0 saturated carbocycles. The van der Waals surface area contributed by atoms with E-state index in [1.54, 1.807) is 36.4 Å². The van der Waals surface area contributed by atoms with Gasteiger partial charge in [-0.05, 0) is 35.9 Å². The van der Waals surface area contributed by atoms with Crippen LogP contribution in [0.5, 0.6) is 0 Å². The van der Waals surface area contributed by atoms with E-state index < -0.39 is 0 Å². The van der Waals surface area contributed by atoms with Crippen LogP contribution in [0.25, 0.3) is 0 Å². The van der Waals surface area contributed by atoms with E-state index in [2.05, 4.69) is 10.6 Å². The molecule has 20 heavy (non-hydrogen) atoms. The van der Waals surface area contributed by atoms with Crippen LogP contribution in [0.1, 0.15) is 11.1 Å². The highest BCUT2D eigenvalue weighted by molar-refractivity contribution is 5.89. The lowest BCUT2D eigenvalue weighted by Crippen LogP contribution is -2.28. The summed E-state index contributed by atoms with van der Waals surface area (Å²) in [6, 6.07) is 15.7. The van der Waals surface area contributed by atoms with Crippen molar-refractivity contribution in [1.29, 1.82) is 5.26 Å². The van der Waals surface area contributed by atoms with E-state index in [1.165, 1.54) is 0 Å². The van der Waals surface area contributed by atoms with Crippen molar-refractivity contribution in [1.82, 2.24) is 5.32 Å². The molecule has 2 rings (SSSR count). The van der Waals surface area contributed by atoms with Gasteiger partial charge in [0.05, 0.1) is 11.6 Å². The highest BCUT2D eigenvalue weighted by atomic mass is 16.2. The zero-order valence-corrected chi connectivity index (χ0v) is 10.8. The van der Waals surface area contributed by atoms with Crippen molar-refractivity contribution in [2.75, 3.05) is 11.1 Å². The third-order valence-electron chi connectivity index (χ3n) is 2.68. The molecule has 100 valence electrons. The topological polar surface area (TPSA) is 90.9 Å². The predicted molar refractivity (Wildman–Crippen MR) is 77.9 cm³/mol. The lowest BCUT2D eigenvalue weighted by atomic mass is 10.2. The van der Waals surface area contributed by atoms with E-state index in [9.17, 15) is 4.79 Å². The lowest BCUT2D eigenvalue weighted by molar-refractivity contribution is 0.251. The van der Waals surface area contributed by atoms with Crippen molar-refractivity contribution in [3.8, 4) is 6.07 Å². The van der Waals surface area contributed by atoms with Crippen LogP contribution in [0.4, 0.5) is 16.2 Å². The molecule has 5 heteroatoms. The largest absolute Gasteiger partial charge is 0.399 e. The predicted octanol–water partition coefficient (Wildman–Crippen LogP) is 2.46. The lowest BCUT2D eigenvalue weighted by Gasteiger charge is -2.08. The van der Waals surface area contributed by atoms with Gasteiger partial charge in [0.15, 0.2) is 0 Å². The van der Waals surface area contributed by atoms with Gasteiger partial charge in [-0.3, -0.25) is 0 Å². The molecule has 0 spiro atoms. The Hall–Kier alpha value is -3.00. The molecule has 0 aliphatic rings. The maximum Gasteiger partial charge on any atom is 0.319 e. The van der Waals surface area contributed by atoms with Gasteiger partial charge in [-0.2, -0.15) is 5.26 Å². The molecule has 0 atom stereocenters. The average Bonchev–Trinajstić information content (AvgIpc) is 2.47. The number of nitrogen functional groups attached to an aromatic ring is 1. The number of nitrogens with zero attached hydrogens (tertiary/aromatic N) is 1. The van der Waals surface area contributed by atoms with Crippen molar-refractivity contribution in [2.45, 2.75) is 6.54 Å². The Morgan fingerprint density at radius 1 is 1.20 bits per heavy atom. The van der Waals surface area contributed by atoms with Gasteiger partial charge in [0.25, 0.3) is 0 Å². The minimum Gasteiger partial charge on any atom is -0.399 e. The molecule has 0 aliphatic carbocycles.